The maximum atomic E-state index is 4.18. The zero-order valence-electron chi connectivity index (χ0n) is 6.81. The van der Waals surface area contributed by atoms with Gasteiger partial charge in [0.25, 0.3) is 0 Å². The van der Waals surface area contributed by atoms with Crippen LogP contribution in [0.2, 0.25) is 0 Å². The van der Waals surface area contributed by atoms with Crippen molar-refractivity contribution in [2.45, 2.75) is 13.0 Å². The van der Waals surface area contributed by atoms with Gasteiger partial charge in [0.15, 0.2) is 5.82 Å². The van der Waals surface area contributed by atoms with Crippen molar-refractivity contribution in [2.75, 3.05) is 0 Å². The smallest absolute Gasteiger partial charge is 0.152 e. The lowest BCUT2D eigenvalue weighted by molar-refractivity contribution is 0.598. The third kappa shape index (κ3) is 2.15. The first-order valence-electron chi connectivity index (χ1n) is 3.88. The molecule has 6 heteroatoms. The molecular formula is C7H8BrN5. The molecule has 2 aromatic rings. The molecular weight excluding hydrogens is 234 g/mol. The molecule has 0 atom stereocenters. The van der Waals surface area contributed by atoms with Gasteiger partial charge in [0.1, 0.15) is 10.9 Å². The summed E-state index contributed by atoms with van der Waals surface area (Å²) in [5.74, 6) is 0.812. The average Bonchev–Trinajstić information content (AvgIpc) is 2.71. The van der Waals surface area contributed by atoms with Crippen molar-refractivity contribution in [3.63, 3.8) is 0 Å². The van der Waals surface area contributed by atoms with Crippen molar-refractivity contribution in [1.29, 1.82) is 0 Å². The van der Waals surface area contributed by atoms with E-state index in [0.29, 0.717) is 0 Å². The minimum Gasteiger partial charge on any atom is -0.271 e. The predicted octanol–water partition coefficient (Wildman–Crippen LogP) is 1.01. The quantitative estimate of drug-likeness (QED) is 0.873. The molecule has 5 nitrogen and oxygen atoms in total. The van der Waals surface area contributed by atoms with Gasteiger partial charge in [-0.15, -0.1) is 0 Å². The predicted molar refractivity (Wildman–Crippen MR) is 50.0 cm³/mol. The molecule has 0 aliphatic heterocycles. The average molecular weight is 242 g/mol. The van der Waals surface area contributed by atoms with E-state index in [1.54, 1.807) is 6.33 Å². The monoisotopic (exact) mass is 241 g/mol. The minimum absolute atomic E-state index is 0.789. The highest BCUT2D eigenvalue weighted by atomic mass is 79.9. The Hall–Kier alpha value is -1.17. The van der Waals surface area contributed by atoms with E-state index in [0.717, 1.165) is 23.4 Å². The molecule has 0 spiro atoms. The third-order valence-electron chi connectivity index (χ3n) is 1.64. The number of aromatic amines is 1. The van der Waals surface area contributed by atoms with Crippen LogP contribution in [0.15, 0.2) is 23.2 Å². The second-order valence-corrected chi connectivity index (χ2v) is 3.38. The Morgan fingerprint density at radius 3 is 3.08 bits per heavy atom. The lowest BCUT2D eigenvalue weighted by atomic mass is 10.4. The van der Waals surface area contributed by atoms with Gasteiger partial charge in [0.2, 0.25) is 0 Å². The van der Waals surface area contributed by atoms with E-state index >= 15 is 0 Å². The highest BCUT2D eigenvalue weighted by molar-refractivity contribution is 9.10. The number of aromatic nitrogens is 5. The highest BCUT2D eigenvalue weighted by Crippen LogP contribution is 2.04. The second-order valence-electron chi connectivity index (χ2n) is 2.57. The van der Waals surface area contributed by atoms with Crippen molar-refractivity contribution in [1.82, 2.24) is 25.0 Å². The van der Waals surface area contributed by atoms with Crippen LogP contribution in [0.3, 0.4) is 0 Å². The van der Waals surface area contributed by atoms with E-state index < -0.39 is 0 Å². The molecule has 1 N–H and O–H groups in total. The van der Waals surface area contributed by atoms with Crippen LogP contribution in [-0.4, -0.2) is 25.0 Å². The molecule has 0 saturated carbocycles. The topological polar surface area (TPSA) is 59.4 Å². The normalized spacial score (nSPS) is 10.5. The van der Waals surface area contributed by atoms with Crippen LogP contribution < -0.4 is 0 Å². The first kappa shape index (κ1) is 8.43. The van der Waals surface area contributed by atoms with Crippen molar-refractivity contribution >= 4 is 15.9 Å². The van der Waals surface area contributed by atoms with Crippen molar-refractivity contribution < 1.29 is 0 Å². The number of nitrogens with one attached hydrogen (secondary N) is 1. The molecule has 2 aromatic heterocycles. The number of hydrogen-bond donors (Lipinski definition) is 1. The summed E-state index contributed by atoms with van der Waals surface area (Å²) in [5, 5.41) is 10.8. The van der Waals surface area contributed by atoms with Crippen molar-refractivity contribution in [2.24, 2.45) is 0 Å². The molecule has 0 amide bonds. The van der Waals surface area contributed by atoms with Crippen LogP contribution in [0.1, 0.15) is 5.82 Å². The summed E-state index contributed by atoms with van der Waals surface area (Å²) in [7, 11) is 0. The van der Waals surface area contributed by atoms with E-state index in [-0.39, 0.29) is 0 Å². The van der Waals surface area contributed by atoms with Crippen molar-refractivity contribution in [3.05, 3.63) is 29.0 Å². The van der Waals surface area contributed by atoms with Gasteiger partial charge < -0.3 is 0 Å². The van der Waals surface area contributed by atoms with E-state index in [1.165, 1.54) is 0 Å². The summed E-state index contributed by atoms with van der Waals surface area (Å²) < 4.78 is 2.70. The van der Waals surface area contributed by atoms with E-state index in [1.807, 2.05) is 16.9 Å². The molecule has 2 heterocycles. The Morgan fingerprint density at radius 2 is 2.46 bits per heavy atom. The summed E-state index contributed by atoms with van der Waals surface area (Å²) in [6.45, 7) is 0.795. The first-order valence-corrected chi connectivity index (χ1v) is 4.67. The van der Waals surface area contributed by atoms with Crippen LogP contribution in [0.5, 0.6) is 0 Å². The Labute approximate surface area is 83.3 Å². The van der Waals surface area contributed by atoms with Crippen LogP contribution in [-0.2, 0) is 13.0 Å². The number of hydrogen-bond acceptors (Lipinski definition) is 3. The number of nitrogens with zero attached hydrogens (tertiary/aromatic N) is 4. The van der Waals surface area contributed by atoms with Crippen LogP contribution in [0.25, 0.3) is 0 Å². The van der Waals surface area contributed by atoms with Gasteiger partial charge in [-0.05, 0) is 22.0 Å². The molecule has 0 aromatic carbocycles. The van der Waals surface area contributed by atoms with Gasteiger partial charge in [-0.1, -0.05) is 0 Å². The van der Waals surface area contributed by atoms with Gasteiger partial charge in [0, 0.05) is 19.2 Å². The largest absolute Gasteiger partial charge is 0.271 e. The van der Waals surface area contributed by atoms with E-state index in [4.69, 9.17) is 0 Å². The third-order valence-corrected chi connectivity index (χ3v) is 2.06. The Bertz CT molecular complexity index is 366. The molecule has 68 valence electrons. The van der Waals surface area contributed by atoms with Gasteiger partial charge >= 0.3 is 0 Å². The van der Waals surface area contributed by atoms with Gasteiger partial charge in [-0.25, -0.2) is 4.98 Å². The molecule has 0 radical (unpaired) electrons. The summed E-state index contributed by atoms with van der Waals surface area (Å²) in [4.78, 5) is 4.02. The summed E-state index contributed by atoms with van der Waals surface area (Å²) >= 11 is 3.28. The van der Waals surface area contributed by atoms with Gasteiger partial charge in [-0.3, -0.25) is 9.78 Å². The molecule has 0 unspecified atom stereocenters. The number of rotatable bonds is 3. The van der Waals surface area contributed by atoms with Gasteiger partial charge in [0.05, 0.1) is 0 Å². The van der Waals surface area contributed by atoms with E-state index in [2.05, 4.69) is 36.2 Å². The number of halogens is 1. The lowest BCUT2D eigenvalue weighted by Gasteiger charge is -1.96. The molecule has 0 aliphatic rings. The number of H-pyrrole nitrogens is 1. The maximum Gasteiger partial charge on any atom is 0.152 e. The maximum absolute atomic E-state index is 4.18. The zero-order valence-corrected chi connectivity index (χ0v) is 8.40. The van der Waals surface area contributed by atoms with Gasteiger partial charge in [-0.2, -0.15) is 10.2 Å². The summed E-state index contributed by atoms with van der Waals surface area (Å²) in [6.07, 6.45) is 4.28. The van der Waals surface area contributed by atoms with Crippen LogP contribution in [0, 0.1) is 0 Å². The van der Waals surface area contributed by atoms with Crippen LogP contribution in [0.4, 0.5) is 0 Å². The molecule has 2 rings (SSSR count). The molecule has 0 saturated heterocycles. The molecule has 0 bridgehead atoms. The number of aryl methyl sites for hydroxylation is 2. The molecule has 0 fully saturated rings. The van der Waals surface area contributed by atoms with Crippen molar-refractivity contribution in [3.8, 4) is 0 Å². The zero-order chi connectivity index (χ0) is 9.10. The minimum atomic E-state index is 0.789. The summed E-state index contributed by atoms with van der Waals surface area (Å²) in [6, 6.07) is 1.90. The second kappa shape index (κ2) is 3.69. The first-order chi connectivity index (χ1) is 6.34. The molecule has 0 aliphatic carbocycles. The SMILES string of the molecule is Brc1ccn(CCc2nc[nH]n2)n1. The van der Waals surface area contributed by atoms with Crippen LogP contribution >= 0.6 is 15.9 Å². The highest BCUT2D eigenvalue weighted by Gasteiger charge is 1.98. The Kier molecular flexibility index (Phi) is 2.40. The fraction of sp³-hybridized carbons (Fsp3) is 0.286. The fourth-order valence-corrected chi connectivity index (χ4v) is 1.35. The standard InChI is InChI=1S/C7H8BrN5/c8-6-1-3-13(12-6)4-2-7-9-5-10-11-7/h1,3,5H,2,4H2,(H,9,10,11). The summed E-state index contributed by atoms with van der Waals surface area (Å²) in [5.41, 5.74) is 0. The molecule has 13 heavy (non-hydrogen) atoms. The van der Waals surface area contributed by atoms with E-state index in [9.17, 15) is 0 Å². The Balaban J connectivity index is 1.93. The lowest BCUT2D eigenvalue weighted by Crippen LogP contribution is -2.02. The Morgan fingerprint density at radius 1 is 1.54 bits per heavy atom. The fourth-order valence-electron chi connectivity index (χ4n) is 1.03.